The summed E-state index contributed by atoms with van der Waals surface area (Å²) in [7, 11) is 3.89. The third kappa shape index (κ3) is 2.20. The molecule has 1 aromatic heterocycles. The van der Waals surface area contributed by atoms with Crippen molar-refractivity contribution < 1.29 is 9.59 Å². The molecule has 1 aliphatic rings. The minimum atomic E-state index is -0.338. The largest absolute Gasteiger partial charge is 0.377 e. The van der Waals surface area contributed by atoms with Gasteiger partial charge >= 0.3 is 0 Å². The number of amides is 2. The van der Waals surface area contributed by atoms with Crippen molar-refractivity contribution in [1.29, 1.82) is 0 Å². The molecule has 3 aromatic rings. The molecule has 0 saturated carbocycles. The van der Waals surface area contributed by atoms with Crippen LogP contribution in [0.3, 0.4) is 0 Å². The van der Waals surface area contributed by atoms with E-state index in [0.29, 0.717) is 22.3 Å². The number of rotatable bonds is 2. The summed E-state index contributed by atoms with van der Waals surface area (Å²) in [6.45, 7) is 1.91. The van der Waals surface area contributed by atoms with Crippen molar-refractivity contribution in [1.82, 2.24) is 4.98 Å². The van der Waals surface area contributed by atoms with Crippen molar-refractivity contribution in [2.24, 2.45) is 0 Å². The first-order valence-electron chi connectivity index (χ1n) is 8.03. The monoisotopic (exact) mass is 331 g/mol. The number of nitrogens with zero attached hydrogens (tertiary/aromatic N) is 3. The van der Waals surface area contributed by atoms with Crippen molar-refractivity contribution in [2.45, 2.75) is 6.92 Å². The molecule has 0 atom stereocenters. The van der Waals surface area contributed by atoms with E-state index in [0.717, 1.165) is 21.5 Å². The topological polar surface area (TPSA) is 53.5 Å². The second-order valence-electron chi connectivity index (χ2n) is 6.39. The third-order valence-electron chi connectivity index (χ3n) is 4.49. The molecule has 0 radical (unpaired) electrons. The molecule has 0 fully saturated rings. The van der Waals surface area contributed by atoms with E-state index < -0.39 is 0 Å². The first kappa shape index (κ1) is 15.3. The van der Waals surface area contributed by atoms with Crippen molar-refractivity contribution in [3.8, 4) is 0 Å². The smallest absolute Gasteiger partial charge is 0.267 e. The van der Waals surface area contributed by atoms with Crippen LogP contribution in [0.4, 0.5) is 11.5 Å². The lowest BCUT2D eigenvalue weighted by atomic mass is 9.93. The van der Waals surface area contributed by atoms with Gasteiger partial charge in [0, 0.05) is 47.9 Å². The number of carbonyl (C=O) groups is 2. The van der Waals surface area contributed by atoms with E-state index in [4.69, 9.17) is 0 Å². The first-order valence-corrected chi connectivity index (χ1v) is 8.03. The molecule has 0 aliphatic carbocycles. The van der Waals surface area contributed by atoms with Crippen LogP contribution in [0.5, 0.6) is 0 Å². The Labute approximate surface area is 145 Å². The SMILES string of the molecule is Cc1ccc(N2C(=O)c3cccc4c(N(C)C)ccc(c34)C2=O)nc1. The minimum absolute atomic E-state index is 0.338. The Morgan fingerprint density at radius 2 is 1.64 bits per heavy atom. The normalized spacial score (nSPS) is 13.5. The van der Waals surface area contributed by atoms with Crippen molar-refractivity contribution in [2.75, 3.05) is 23.9 Å². The van der Waals surface area contributed by atoms with E-state index in [9.17, 15) is 9.59 Å². The van der Waals surface area contributed by atoms with Crippen LogP contribution in [0.1, 0.15) is 26.3 Å². The third-order valence-corrected chi connectivity index (χ3v) is 4.49. The standard InChI is InChI=1S/C20H17N3O2/c1-12-7-10-17(21-11-12)23-19(24)14-6-4-5-13-16(22(2)3)9-8-15(18(13)14)20(23)25/h4-11H,1-3H3. The van der Waals surface area contributed by atoms with Gasteiger partial charge in [-0.25, -0.2) is 9.88 Å². The number of benzene rings is 2. The van der Waals surface area contributed by atoms with Gasteiger partial charge in [-0.2, -0.15) is 0 Å². The van der Waals surface area contributed by atoms with Crippen LogP contribution in [-0.4, -0.2) is 30.9 Å². The molecule has 5 nitrogen and oxygen atoms in total. The molecule has 2 amide bonds. The second-order valence-corrected chi connectivity index (χ2v) is 6.39. The highest BCUT2D eigenvalue weighted by atomic mass is 16.2. The predicted octanol–water partition coefficient (Wildman–Crippen LogP) is 3.41. The summed E-state index contributed by atoms with van der Waals surface area (Å²) in [5.74, 6) is -0.328. The van der Waals surface area contributed by atoms with Gasteiger partial charge in [0.05, 0.1) is 0 Å². The number of pyridine rings is 1. The molecule has 124 valence electrons. The Balaban J connectivity index is 1.97. The fraction of sp³-hybridized carbons (Fsp3) is 0.150. The van der Waals surface area contributed by atoms with Crippen LogP contribution >= 0.6 is 0 Å². The predicted molar refractivity (Wildman–Crippen MR) is 98.4 cm³/mol. The molecule has 0 unspecified atom stereocenters. The van der Waals surface area contributed by atoms with Gasteiger partial charge in [-0.1, -0.05) is 18.2 Å². The van der Waals surface area contributed by atoms with Gasteiger partial charge in [0.25, 0.3) is 11.8 Å². The zero-order valence-electron chi connectivity index (χ0n) is 14.3. The number of hydrogen-bond donors (Lipinski definition) is 0. The number of aryl methyl sites for hydroxylation is 1. The molecule has 1 aliphatic heterocycles. The van der Waals surface area contributed by atoms with Gasteiger partial charge in [0.2, 0.25) is 0 Å². The van der Waals surface area contributed by atoms with Crippen LogP contribution < -0.4 is 9.80 Å². The summed E-state index contributed by atoms with van der Waals surface area (Å²) < 4.78 is 0. The number of carbonyl (C=O) groups excluding carboxylic acids is 2. The van der Waals surface area contributed by atoms with Gasteiger partial charge < -0.3 is 4.90 Å². The number of aromatic nitrogens is 1. The zero-order valence-corrected chi connectivity index (χ0v) is 14.3. The Hall–Kier alpha value is -3.21. The van der Waals surface area contributed by atoms with E-state index in [-0.39, 0.29) is 11.8 Å². The first-order chi connectivity index (χ1) is 12.0. The Kier molecular flexibility index (Phi) is 3.32. The van der Waals surface area contributed by atoms with Gasteiger partial charge in [0.1, 0.15) is 5.82 Å². The highest BCUT2D eigenvalue weighted by Gasteiger charge is 2.35. The van der Waals surface area contributed by atoms with Gasteiger partial charge in [-0.05, 0) is 36.8 Å². The van der Waals surface area contributed by atoms with Crippen molar-refractivity contribution in [3.05, 3.63) is 65.4 Å². The molecule has 25 heavy (non-hydrogen) atoms. The molecule has 4 rings (SSSR count). The Bertz CT molecular complexity index is 1000. The lowest BCUT2D eigenvalue weighted by Gasteiger charge is -2.28. The van der Waals surface area contributed by atoms with Crippen LogP contribution in [0.15, 0.2) is 48.7 Å². The van der Waals surface area contributed by atoms with Crippen molar-refractivity contribution >= 4 is 34.1 Å². The summed E-state index contributed by atoms with van der Waals surface area (Å²) in [6, 6.07) is 12.8. The Morgan fingerprint density at radius 3 is 2.28 bits per heavy atom. The van der Waals surface area contributed by atoms with Crippen LogP contribution in [-0.2, 0) is 0 Å². The molecule has 0 spiro atoms. The van der Waals surface area contributed by atoms with Gasteiger partial charge in [0.15, 0.2) is 0 Å². The van der Waals surface area contributed by atoms with Crippen LogP contribution in [0, 0.1) is 6.92 Å². The van der Waals surface area contributed by atoms with E-state index in [1.54, 1.807) is 24.4 Å². The van der Waals surface area contributed by atoms with E-state index in [2.05, 4.69) is 4.98 Å². The fourth-order valence-electron chi connectivity index (χ4n) is 3.27. The zero-order chi connectivity index (χ0) is 17.7. The average molecular weight is 331 g/mol. The molecular weight excluding hydrogens is 314 g/mol. The Morgan fingerprint density at radius 1 is 0.920 bits per heavy atom. The van der Waals surface area contributed by atoms with Crippen molar-refractivity contribution in [3.63, 3.8) is 0 Å². The van der Waals surface area contributed by atoms with E-state index in [1.807, 2.05) is 50.2 Å². The summed E-state index contributed by atoms with van der Waals surface area (Å²) in [4.78, 5) is 33.5. The highest BCUT2D eigenvalue weighted by Crippen LogP contribution is 2.36. The lowest BCUT2D eigenvalue weighted by Crippen LogP contribution is -2.41. The molecule has 0 N–H and O–H groups in total. The number of imide groups is 1. The summed E-state index contributed by atoms with van der Waals surface area (Å²) in [5, 5.41) is 1.62. The average Bonchev–Trinajstić information content (AvgIpc) is 2.60. The summed E-state index contributed by atoms with van der Waals surface area (Å²) >= 11 is 0. The summed E-state index contributed by atoms with van der Waals surface area (Å²) in [6.07, 6.45) is 1.65. The molecule has 2 aromatic carbocycles. The lowest BCUT2D eigenvalue weighted by molar-refractivity contribution is 0.0892. The molecule has 2 heterocycles. The molecule has 5 heteroatoms. The molecular formula is C20H17N3O2. The van der Waals surface area contributed by atoms with Crippen LogP contribution in [0.25, 0.3) is 10.8 Å². The van der Waals surface area contributed by atoms with Crippen LogP contribution in [0.2, 0.25) is 0 Å². The maximum absolute atomic E-state index is 13.0. The highest BCUT2D eigenvalue weighted by molar-refractivity contribution is 6.36. The minimum Gasteiger partial charge on any atom is -0.377 e. The number of anilines is 2. The second kappa shape index (κ2) is 5.41. The molecule has 0 saturated heterocycles. The quantitative estimate of drug-likeness (QED) is 0.675. The maximum atomic E-state index is 13.0. The van der Waals surface area contributed by atoms with Gasteiger partial charge in [-0.15, -0.1) is 0 Å². The summed E-state index contributed by atoms with van der Waals surface area (Å²) in [5.41, 5.74) is 3.00. The molecule has 0 bridgehead atoms. The van der Waals surface area contributed by atoms with E-state index in [1.165, 1.54) is 0 Å². The van der Waals surface area contributed by atoms with E-state index >= 15 is 0 Å². The fourth-order valence-corrected chi connectivity index (χ4v) is 3.27. The maximum Gasteiger partial charge on any atom is 0.267 e. The van der Waals surface area contributed by atoms with Gasteiger partial charge in [-0.3, -0.25) is 9.59 Å². The number of hydrogen-bond acceptors (Lipinski definition) is 4.